The minimum Gasteiger partial charge on any atom is -0.464 e. The SMILES string of the molecule is CCCOC(=O)[C@@H](OCc1ccccc1)[C@H](N)C(F)(F)F. The molecule has 0 heterocycles. The van der Waals surface area contributed by atoms with Crippen LogP contribution in [0.25, 0.3) is 0 Å². The van der Waals surface area contributed by atoms with Crippen molar-refractivity contribution in [3.8, 4) is 0 Å². The first-order chi connectivity index (χ1) is 9.86. The number of nitrogens with two attached hydrogens (primary N) is 1. The standard InChI is InChI=1S/C14H18F3NO3/c1-2-8-20-13(19)11(12(18)14(15,16)17)21-9-10-6-4-3-5-7-10/h3-7,11-12H,2,8-9,18H2,1H3/t11-,12-/m0/s1. The van der Waals surface area contributed by atoms with Crippen LogP contribution in [0.2, 0.25) is 0 Å². The van der Waals surface area contributed by atoms with Crippen LogP contribution in [-0.2, 0) is 20.9 Å². The van der Waals surface area contributed by atoms with Crippen molar-refractivity contribution in [1.29, 1.82) is 0 Å². The molecule has 0 amide bonds. The number of carbonyl (C=O) groups excluding carboxylic acids is 1. The third kappa shape index (κ3) is 5.73. The van der Waals surface area contributed by atoms with Gasteiger partial charge in [0, 0.05) is 0 Å². The molecule has 21 heavy (non-hydrogen) atoms. The van der Waals surface area contributed by atoms with Gasteiger partial charge in [-0.3, -0.25) is 0 Å². The lowest BCUT2D eigenvalue weighted by atomic mass is 10.1. The predicted octanol–water partition coefficient (Wildman–Crippen LogP) is 2.41. The van der Waals surface area contributed by atoms with Crippen molar-refractivity contribution in [3.05, 3.63) is 35.9 Å². The van der Waals surface area contributed by atoms with E-state index in [1.54, 1.807) is 37.3 Å². The molecule has 0 aliphatic rings. The molecule has 0 radical (unpaired) electrons. The maximum Gasteiger partial charge on any atom is 0.406 e. The molecule has 0 unspecified atom stereocenters. The number of hydrogen-bond donors (Lipinski definition) is 1. The average Bonchev–Trinajstić information content (AvgIpc) is 2.45. The molecule has 0 aliphatic heterocycles. The second-order valence-electron chi connectivity index (χ2n) is 4.45. The van der Waals surface area contributed by atoms with Gasteiger partial charge in [0.2, 0.25) is 0 Å². The van der Waals surface area contributed by atoms with Crippen LogP contribution in [0, 0.1) is 0 Å². The molecule has 0 fully saturated rings. The van der Waals surface area contributed by atoms with Gasteiger partial charge in [0.1, 0.15) is 6.04 Å². The van der Waals surface area contributed by atoms with E-state index in [4.69, 9.17) is 15.2 Å². The summed E-state index contributed by atoms with van der Waals surface area (Å²) in [6.45, 7) is 1.60. The molecule has 0 aliphatic carbocycles. The number of rotatable bonds is 7. The minimum absolute atomic E-state index is 0.0224. The summed E-state index contributed by atoms with van der Waals surface area (Å²) in [5.74, 6) is -1.10. The number of esters is 1. The van der Waals surface area contributed by atoms with Crippen LogP contribution in [0.5, 0.6) is 0 Å². The normalized spacial score (nSPS) is 14.5. The summed E-state index contributed by atoms with van der Waals surface area (Å²) in [6.07, 6.45) is -6.12. The van der Waals surface area contributed by atoms with Crippen LogP contribution >= 0.6 is 0 Å². The van der Waals surface area contributed by atoms with Gasteiger partial charge < -0.3 is 15.2 Å². The van der Waals surface area contributed by atoms with Crippen molar-refractivity contribution < 1.29 is 27.4 Å². The van der Waals surface area contributed by atoms with Gasteiger partial charge in [-0.05, 0) is 12.0 Å². The van der Waals surface area contributed by atoms with E-state index >= 15 is 0 Å². The summed E-state index contributed by atoms with van der Waals surface area (Å²) >= 11 is 0. The van der Waals surface area contributed by atoms with Gasteiger partial charge in [-0.1, -0.05) is 37.3 Å². The zero-order valence-electron chi connectivity index (χ0n) is 11.6. The van der Waals surface area contributed by atoms with Crippen LogP contribution in [0.4, 0.5) is 13.2 Å². The highest BCUT2D eigenvalue weighted by Gasteiger charge is 2.46. The molecule has 0 spiro atoms. The first-order valence-corrected chi connectivity index (χ1v) is 6.50. The van der Waals surface area contributed by atoms with Crippen LogP contribution in [0.1, 0.15) is 18.9 Å². The topological polar surface area (TPSA) is 61.5 Å². The van der Waals surface area contributed by atoms with Crippen LogP contribution in [-0.4, -0.2) is 30.9 Å². The zero-order valence-corrected chi connectivity index (χ0v) is 11.6. The fourth-order valence-corrected chi connectivity index (χ4v) is 1.53. The van der Waals surface area contributed by atoms with Crippen molar-refractivity contribution in [3.63, 3.8) is 0 Å². The van der Waals surface area contributed by atoms with E-state index in [1.165, 1.54) is 0 Å². The van der Waals surface area contributed by atoms with E-state index in [9.17, 15) is 18.0 Å². The Bertz CT molecular complexity index is 437. The van der Waals surface area contributed by atoms with Crippen molar-refractivity contribution in [2.24, 2.45) is 5.73 Å². The Hall–Kier alpha value is -1.60. The Morgan fingerprint density at radius 2 is 1.90 bits per heavy atom. The molecule has 1 aromatic carbocycles. The monoisotopic (exact) mass is 305 g/mol. The largest absolute Gasteiger partial charge is 0.464 e. The lowest BCUT2D eigenvalue weighted by Crippen LogP contribution is -2.52. The molecule has 2 N–H and O–H groups in total. The molecule has 0 saturated heterocycles. The lowest BCUT2D eigenvalue weighted by Gasteiger charge is -2.24. The quantitative estimate of drug-likeness (QED) is 0.786. The van der Waals surface area contributed by atoms with Gasteiger partial charge in [-0.25, -0.2) is 4.79 Å². The molecule has 0 bridgehead atoms. The fourth-order valence-electron chi connectivity index (χ4n) is 1.53. The van der Waals surface area contributed by atoms with Crippen molar-refractivity contribution in [2.75, 3.05) is 6.61 Å². The van der Waals surface area contributed by atoms with Gasteiger partial charge in [0.25, 0.3) is 0 Å². The van der Waals surface area contributed by atoms with E-state index in [1.807, 2.05) is 0 Å². The predicted molar refractivity (Wildman–Crippen MR) is 70.3 cm³/mol. The van der Waals surface area contributed by atoms with Crippen LogP contribution in [0.15, 0.2) is 30.3 Å². The average molecular weight is 305 g/mol. The van der Waals surface area contributed by atoms with Crippen molar-refractivity contribution in [1.82, 2.24) is 0 Å². The highest BCUT2D eigenvalue weighted by Crippen LogP contribution is 2.23. The first kappa shape index (κ1) is 17.5. The smallest absolute Gasteiger partial charge is 0.406 e. The van der Waals surface area contributed by atoms with Gasteiger partial charge in [0.15, 0.2) is 6.10 Å². The van der Waals surface area contributed by atoms with E-state index in [0.29, 0.717) is 12.0 Å². The number of carbonyl (C=O) groups is 1. The minimum atomic E-state index is -4.74. The Labute approximate surface area is 121 Å². The first-order valence-electron chi connectivity index (χ1n) is 6.50. The second-order valence-corrected chi connectivity index (χ2v) is 4.45. The molecule has 2 atom stereocenters. The van der Waals surface area contributed by atoms with E-state index < -0.39 is 24.3 Å². The van der Waals surface area contributed by atoms with E-state index in [0.717, 1.165) is 0 Å². The Kier molecular flexibility index (Phi) is 6.64. The summed E-state index contributed by atoms with van der Waals surface area (Å²) in [6, 6.07) is 6.11. The third-order valence-electron chi connectivity index (χ3n) is 2.66. The summed E-state index contributed by atoms with van der Waals surface area (Å²) in [5, 5.41) is 0. The number of hydrogen-bond acceptors (Lipinski definition) is 4. The molecule has 1 aromatic rings. The summed E-state index contributed by atoms with van der Waals surface area (Å²) in [4.78, 5) is 11.7. The van der Waals surface area contributed by atoms with E-state index in [2.05, 4.69) is 0 Å². The van der Waals surface area contributed by atoms with Gasteiger partial charge >= 0.3 is 12.1 Å². The van der Waals surface area contributed by atoms with Gasteiger partial charge in [0.05, 0.1) is 13.2 Å². The van der Waals surface area contributed by atoms with Crippen molar-refractivity contribution in [2.45, 2.75) is 38.3 Å². The number of benzene rings is 1. The molecule has 0 aromatic heterocycles. The Morgan fingerprint density at radius 1 is 1.29 bits per heavy atom. The summed E-state index contributed by atoms with van der Waals surface area (Å²) in [5.41, 5.74) is 5.72. The molecule has 118 valence electrons. The zero-order chi connectivity index (χ0) is 15.9. The summed E-state index contributed by atoms with van der Waals surface area (Å²) in [7, 11) is 0. The van der Waals surface area contributed by atoms with Gasteiger partial charge in [-0.15, -0.1) is 0 Å². The number of halogens is 3. The number of alkyl halides is 3. The Balaban J connectivity index is 2.74. The maximum atomic E-state index is 12.7. The fraction of sp³-hybridized carbons (Fsp3) is 0.500. The highest BCUT2D eigenvalue weighted by atomic mass is 19.4. The molecule has 4 nitrogen and oxygen atoms in total. The molecule has 1 rings (SSSR count). The maximum absolute atomic E-state index is 12.7. The van der Waals surface area contributed by atoms with Crippen LogP contribution < -0.4 is 5.73 Å². The third-order valence-corrected chi connectivity index (χ3v) is 2.66. The molecular weight excluding hydrogens is 287 g/mol. The summed E-state index contributed by atoms with van der Waals surface area (Å²) < 4.78 is 47.9. The highest BCUT2D eigenvalue weighted by molar-refractivity contribution is 5.75. The van der Waals surface area contributed by atoms with Crippen molar-refractivity contribution >= 4 is 5.97 Å². The number of ether oxygens (including phenoxy) is 2. The molecule has 0 saturated carbocycles. The van der Waals surface area contributed by atoms with E-state index in [-0.39, 0.29) is 13.2 Å². The molecular formula is C14H18F3NO3. The lowest BCUT2D eigenvalue weighted by molar-refractivity contribution is -0.194. The molecule has 7 heteroatoms. The van der Waals surface area contributed by atoms with Gasteiger partial charge in [-0.2, -0.15) is 13.2 Å². The second kappa shape index (κ2) is 7.99. The Morgan fingerprint density at radius 3 is 2.43 bits per heavy atom. The van der Waals surface area contributed by atoms with Crippen LogP contribution in [0.3, 0.4) is 0 Å².